The molecule has 1 N–H and O–H groups in total. The summed E-state index contributed by atoms with van der Waals surface area (Å²) in [7, 11) is -0.417. The number of nitrogens with zero attached hydrogens (tertiary/aromatic N) is 2. The van der Waals surface area contributed by atoms with Crippen molar-refractivity contribution in [2.24, 2.45) is 0 Å². The number of fused-ring (bicyclic) bond motifs is 1. The minimum absolute atomic E-state index is 0.265. The van der Waals surface area contributed by atoms with E-state index in [1.165, 1.54) is 0 Å². The summed E-state index contributed by atoms with van der Waals surface area (Å²) in [6, 6.07) is 6.29. The van der Waals surface area contributed by atoms with Crippen LogP contribution in [-0.4, -0.2) is 40.1 Å². The van der Waals surface area contributed by atoms with Gasteiger partial charge in [-0.2, -0.15) is 0 Å². The van der Waals surface area contributed by atoms with Gasteiger partial charge in [-0.05, 0) is 58.1 Å². The molecule has 0 spiro atoms. The van der Waals surface area contributed by atoms with Crippen LogP contribution in [0.3, 0.4) is 0 Å². The van der Waals surface area contributed by atoms with Crippen molar-refractivity contribution >= 4 is 35.1 Å². The molecule has 1 aliphatic heterocycles. The van der Waals surface area contributed by atoms with Crippen molar-refractivity contribution in [1.29, 1.82) is 0 Å². The number of Topliss-reactive ketones (excluding diaryl/α,β-unsaturated/α-hetero) is 1. The average molecular weight is 367 g/mol. The van der Waals surface area contributed by atoms with Crippen LogP contribution >= 0.6 is 0 Å². The van der Waals surface area contributed by atoms with Crippen molar-refractivity contribution in [3.8, 4) is 0 Å². The lowest BCUT2D eigenvalue weighted by molar-refractivity contribution is -0.120. The fraction of sp³-hybridized carbons (Fsp3) is 0.550. The number of anilines is 1. The predicted molar refractivity (Wildman–Crippen MR) is 106 cm³/mol. The third-order valence-electron chi connectivity index (χ3n) is 6.07. The van der Waals surface area contributed by atoms with Crippen LogP contribution in [0.1, 0.15) is 53.4 Å². The number of ketones is 1. The molecule has 0 amide bonds. The van der Waals surface area contributed by atoms with Crippen molar-refractivity contribution in [2.75, 3.05) is 5.32 Å². The standard InChI is InChI=1S/C20H26BN3O3/c1-19(2)20(3,4)27-21(26-19)13-5-10-17-16(11-13)18(23-12-22-17)24-14-6-8-15(25)9-7-14/h5,10-12,14H,6-9H2,1-4H3,(H,22,23,24). The van der Waals surface area contributed by atoms with Gasteiger partial charge in [0.1, 0.15) is 17.9 Å². The maximum Gasteiger partial charge on any atom is 0.494 e. The van der Waals surface area contributed by atoms with Crippen LogP contribution in [0.2, 0.25) is 0 Å². The molecule has 142 valence electrons. The summed E-state index contributed by atoms with van der Waals surface area (Å²) in [6.07, 6.45) is 4.55. The van der Waals surface area contributed by atoms with Gasteiger partial charge in [0, 0.05) is 24.3 Å². The van der Waals surface area contributed by atoms with Crippen molar-refractivity contribution < 1.29 is 14.1 Å². The minimum Gasteiger partial charge on any atom is -0.399 e. The zero-order chi connectivity index (χ0) is 19.2. The first-order chi connectivity index (χ1) is 12.7. The first-order valence-corrected chi connectivity index (χ1v) is 9.64. The quantitative estimate of drug-likeness (QED) is 0.841. The van der Waals surface area contributed by atoms with Gasteiger partial charge in [-0.3, -0.25) is 4.79 Å². The van der Waals surface area contributed by atoms with E-state index in [0.29, 0.717) is 18.6 Å². The maximum absolute atomic E-state index is 11.5. The second-order valence-electron chi connectivity index (χ2n) is 8.54. The second-order valence-corrected chi connectivity index (χ2v) is 8.54. The summed E-state index contributed by atoms with van der Waals surface area (Å²) in [4.78, 5) is 20.3. The Morgan fingerprint density at radius 2 is 1.74 bits per heavy atom. The van der Waals surface area contributed by atoms with Crippen molar-refractivity contribution in [1.82, 2.24) is 9.97 Å². The molecule has 0 radical (unpaired) electrons. The number of carbonyl (C=O) groups is 1. The molecule has 0 unspecified atom stereocenters. The van der Waals surface area contributed by atoms with Gasteiger partial charge in [-0.15, -0.1) is 0 Å². The molecule has 0 bridgehead atoms. The molecule has 2 aliphatic rings. The number of benzene rings is 1. The van der Waals surface area contributed by atoms with Crippen LogP contribution in [0.5, 0.6) is 0 Å². The first kappa shape index (κ1) is 18.4. The molecule has 1 saturated carbocycles. The van der Waals surface area contributed by atoms with Gasteiger partial charge < -0.3 is 14.6 Å². The zero-order valence-corrected chi connectivity index (χ0v) is 16.4. The van der Waals surface area contributed by atoms with Crippen molar-refractivity contribution in [3.63, 3.8) is 0 Å². The molecule has 7 heteroatoms. The number of aromatic nitrogens is 2. The van der Waals surface area contributed by atoms with E-state index in [9.17, 15) is 4.79 Å². The number of hydrogen-bond acceptors (Lipinski definition) is 6. The van der Waals surface area contributed by atoms with Crippen molar-refractivity contribution in [3.05, 3.63) is 24.5 Å². The second kappa shape index (κ2) is 6.57. The lowest BCUT2D eigenvalue weighted by Crippen LogP contribution is -2.41. The third kappa shape index (κ3) is 3.46. The van der Waals surface area contributed by atoms with Gasteiger partial charge in [0.2, 0.25) is 0 Å². The molecular formula is C20H26BN3O3. The van der Waals surface area contributed by atoms with Crippen LogP contribution in [0.15, 0.2) is 24.5 Å². The Hall–Kier alpha value is -1.99. The van der Waals surface area contributed by atoms with E-state index in [0.717, 1.165) is 35.0 Å². The minimum atomic E-state index is -0.417. The Morgan fingerprint density at radius 3 is 2.41 bits per heavy atom. The van der Waals surface area contributed by atoms with Gasteiger partial charge in [0.25, 0.3) is 0 Å². The van der Waals surface area contributed by atoms with Crippen molar-refractivity contribution in [2.45, 2.75) is 70.6 Å². The lowest BCUT2D eigenvalue weighted by Gasteiger charge is -2.32. The van der Waals surface area contributed by atoms with Crippen LogP contribution in [-0.2, 0) is 14.1 Å². The summed E-state index contributed by atoms with van der Waals surface area (Å²) >= 11 is 0. The molecule has 4 rings (SSSR count). The summed E-state index contributed by atoms with van der Waals surface area (Å²) in [6.45, 7) is 8.20. The van der Waals surface area contributed by atoms with E-state index in [2.05, 4.69) is 43.0 Å². The van der Waals surface area contributed by atoms with Crippen LogP contribution < -0.4 is 10.8 Å². The molecule has 0 atom stereocenters. The first-order valence-electron chi connectivity index (χ1n) is 9.64. The number of nitrogens with one attached hydrogen (secondary N) is 1. The summed E-state index contributed by atoms with van der Waals surface area (Å²) in [5.41, 5.74) is 1.07. The van der Waals surface area contributed by atoms with E-state index < -0.39 is 7.12 Å². The fourth-order valence-corrected chi connectivity index (χ4v) is 3.59. The molecule has 2 fully saturated rings. The SMILES string of the molecule is CC1(C)OB(c2ccc3ncnc(NC4CCC(=O)CC4)c3c2)OC1(C)C. The molecule has 6 nitrogen and oxygen atoms in total. The normalized spacial score (nSPS) is 22.4. The topological polar surface area (TPSA) is 73.3 Å². The van der Waals surface area contributed by atoms with Gasteiger partial charge >= 0.3 is 7.12 Å². The highest BCUT2D eigenvalue weighted by atomic mass is 16.7. The smallest absolute Gasteiger partial charge is 0.399 e. The van der Waals surface area contributed by atoms with E-state index in [1.807, 2.05) is 18.2 Å². The highest BCUT2D eigenvalue weighted by Crippen LogP contribution is 2.36. The number of hydrogen-bond donors (Lipinski definition) is 1. The number of carbonyl (C=O) groups excluding carboxylic acids is 1. The highest BCUT2D eigenvalue weighted by molar-refractivity contribution is 6.62. The maximum atomic E-state index is 11.5. The Balaban J connectivity index is 1.63. The van der Waals surface area contributed by atoms with Crippen LogP contribution in [0, 0.1) is 0 Å². The van der Waals surface area contributed by atoms with Gasteiger partial charge in [-0.1, -0.05) is 6.07 Å². The van der Waals surface area contributed by atoms with E-state index in [1.54, 1.807) is 6.33 Å². The largest absolute Gasteiger partial charge is 0.494 e. The van der Waals surface area contributed by atoms with E-state index >= 15 is 0 Å². The summed E-state index contributed by atoms with van der Waals surface area (Å²) < 4.78 is 12.4. The molecule has 1 aromatic carbocycles. The molecule has 1 saturated heterocycles. The molecule has 2 heterocycles. The third-order valence-corrected chi connectivity index (χ3v) is 6.07. The zero-order valence-electron chi connectivity index (χ0n) is 16.4. The Kier molecular flexibility index (Phi) is 4.47. The Bertz CT molecular complexity index is 858. The Morgan fingerprint density at radius 1 is 1.07 bits per heavy atom. The highest BCUT2D eigenvalue weighted by Gasteiger charge is 2.51. The van der Waals surface area contributed by atoms with E-state index in [4.69, 9.17) is 9.31 Å². The van der Waals surface area contributed by atoms with Gasteiger partial charge in [0.15, 0.2) is 0 Å². The molecule has 1 aliphatic carbocycles. The average Bonchev–Trinajstić information content (AvgIpc) is 2.84. The predicted octanol–water partition coefficient (Wildman–Crippen LogP) is 2.85. The van der Waals surface area contributed by atoms with Crippen LogP contribution in [0.4, 0.5) is 5.82 Å². The van der Waals surface area contributed by atoms with Gasteiger partial charge in [0.05, 0.1) is 16.7 Å². The summed E-state index contributed by atoms with van der Waals surface area (Å²) in [5.74, 6) is 1.15. The molecule has 2 aromatic rings. The fourth-order valence-electron chi connectivity index (χ4n) is 3.59. The molecular weight excluding hydrogens is 341 g/mol. The number of rotatable bonds is 3. The molecule has 27 heavy (non-hydrogen) atoms. The van der Waals surface area contributed by atoms with E-state index in [-0.39, 0.29) is 17.2 Å². The lowest BCUT2D eigenvalue weighted by atomic mass is 9.78. The van der Waals surface area contributed by atoms with Crippen LogP contribution in [0.25, 0.3) is 10.9 Å². The Labute approximate surface area is 160 Å². The summed E-state index contributed by atoms with van der Waals surface area (Å²) in [5, 5.41) is 4.46. The monoisotopic (exact) mass is 367 g/mol. The van der Waals surface area contributed by atoms with Gasteiger partial charge in [-0.25, -0.2) is 9.97 Å². The molecule has 1 aromatic heterocycles.